The summed E-state index contributed by atoms with van der Waals surface area (Å²) in [4.78, 5) is 13.4. The first-order valence-electron chi connectivity index (χ1n) is 8.25. The van der Waals surface area contributed by atoms with Crippen LogP contribution in [-0.4, -0.2) is 11.9 Å². The zero-order valence-electron chi connectivity index (χ0n) is 14.4. The molecule has 0 unspecified atom stereocenters. The van der Waals surface area contributed by atoms with Crippen LogP contribution in [0.3, 0.4) is 0 Å². The Balaban J connectivity index is 1.77. The molecule has 0 saturated heterocycles. The molecule has 1 heterocycles. The van der Waals surface area contributed by atoms with E-state index in [1.54, 1.807) is 19.1 Å². The Morgan fingerprint density at radius 1 is 1.00 bits per heavy atom. The molecular weight excluding hydrogens is 373 g/mol. The molecule has 27 heavy (non-hydrogen) atoms. The smallest absolute Gasteiger partial charge is 0.241 e. The van der Waals surface area contributed by atoms with Gasteiger partial charge >= 0.3 is 0 Å². The molecule has 2 N–H and O–H groups in total. The summed E-state index contributed by atoms with van der Waals surface area (Å²) in [6, 6.07) is 11.6. The normalized spacial score (nSPS) is 13.2. The van der Waals surface area contributed by atoms with Crippen molar-refractivity contribution in [3.05, 3.63) is 87.9 Å². The molecular formula is C20H17F3N2OS. The van der Waals surface area contributed by atoms with Gasteiger partial charge in [0.15, 0.2) is 0 Å². The maximum absolute atomic E-state index is 13.7. The Bertz CT molecular complexity index is 913. The first-order chi connectivity index (χ1) is 12.9. The van der Waals surface area contributed by atoms with Crippen LogP contribution in [0.2, 0.25) is 0 Å². The highest BCUT2D eigenvalue weighted by molar-refractivity contribution is 7.10. The lowest BCUT2D eigenvalue weighted by Crippen LogP contribution is -2.40. The van der Waals surface area contributed by atoms with E-state index in [9.17, 15) is 18.0 Å². The zero-order valence-corrected chi connectivity index (χ0v) is 15.2. The molecule has 0 aliphatic rings. The van der Waals surface area contributed by atoms with E-state index in [4.69, 9.17) is 0 Å². The van der Waals surface area contributed by atoms with Crippen LogP contribution in [0, 0.1) is 17.5 Å². The second kappa shape index (κ2) is 8.37. The van der Waals surface area contributed by atoms with E-state index in [0.717, 1.165) is 28.6 Å². The van der Waals surface area contributed by atoms with Gasteiger partial charge in [-0.3, -0.25) is 10.1 Å². The summed E-state index contributed by atoms with van der Waals surface area (Å²) in [6.07, 6.45) is 0. The first kappa shape index (κ1) is 19.1. The Morgan fingerprint density at radius 3 is 2.37 bits per heavy atom. The van der Waals surface area contributed by atoms with Gasteiger partial charge in [-0.25, -0.2) is 13.2 Å². The van der Waals surface area contributed by atoms with Crippen LogP contribution < -0.4 is 10.6 Å². The van der Waals surface area contributed by atoms with Gasteiger partial charge < -0.3 is 5.32 Å². The fraction of sp³-hybridized carbons (Fsp3) is 0.150. The number of rotatable bonds is 6. The number of thiophene rings is 1. The van der Waals surface area contributed by atoms with Gasteiger partial charge in [-0.1, -0.05) is 18.2 Å². The van der Waals surface area contributed by atoms with Gasteiger partial charge in [-0.15, -0.1) is 11.3 Å². The van der Waals surface area contributed by atoms with Gasteiger partial charge in [0.05, 0.1) is 17.8 Å². The van der Waals surface area contributed by atoms with Crippen LogP contribution in [0.15, 0.2) is 60.0 Å². The highest BCUT2D eigenvalue weighted by Crippen LogP contribution is 2.27. The summed E-state index contributed by atoms with van der Waals surface area (Å²) in [5.74, 6) is -2.22. The molecule has 0 saturated carbocycles. The van der Waals surface area contributed by atoms with Crippen molar-refractivity contribution in [1.29, 1.82) is 0 Å². The van der Waals surface area contributed by atoms with Crippen LogP contribution in [0.5, 0.6) is 0 Å². The lowest BCUT2D eigenvalue weighted by atomic mass is 10.0. The Hall–Kier alpha value is -2.64. The molecule has 0 bridgehead atoms. The summed E-state index contributed by atoms with van der Waals surface area (Å²) in [7, 11) is 0. The topological polar surface area (TPSA) is 41.1 Å². The number of benzene rings is 2. The molecule has 0 radical (unpaired) electrons. The maximum atomic E-state index is 13.7. The molecule has 3 aromatic rings. The van der Waals surface area contributed by atoms with Gasteiger partial charge in [0.2, 0.25) is 5.91 Å². The van der Waals surface area contributed by atoms with Crippen molar-refractivity contribution in [2.75, 3.05) is 5.32 Å². The van der Waals surface area contributed by atoms with Crippen molar-refractivity contribution in [2.24, 2.45) is 0 Å². The molecule has 140 valence electrons. The van der Waals surface area contributed by atoms with Gasteiger partial charge in [0.1, 0.15) is 17.5 Å². The lowest BCUT2D eigenvalue weighted by molar-refractivity contribution is -0.117. The van der Waals surface area contributed by atoms with E-state index in [1.165, 1.54) is 23.5 Å². The minimum absolute atomic E-state index is 0.219. The standard InChI is InChI=1S/C20H17F3N2OS/c1-12(20(26)25-17-11-15(22)8-9-16(17)23)24-19(18-3-2-10-27-18)13-4-6-14(21)7-5-13/h2-12,19,24H,1H3,(H,25,26)/t12-,19-/m0/s1. The predicted molar refractivity (Wildman–Crippen MR) is 100 cm³/mol. The highest BCUT2D eigenvalue weighted by atomic mass is 32.1. The fourth-order valence-corrected chi connectivity index (χ4v) is 3.42. The third kappa shape index (κ3) is 4.75. The van der Waals surface area contributed by atoms with Gasteiger partial charge in [-0.2, -0.15) is 0 Å². The van der Waals surface area contributed by atoms with E-state index in [2.05, 4.69) is 10.6 Å². The molecule has 1 amide bonds. The summed E-state index contributed by atoms with van der Waals surface area (Å²) >= 11 is 1.49. The molecule has 2 atom stereocenters. The van der Waals surface area contributed by atoms with Crippen molar-refractivity contribution in [3.8, 4) is 0 Å². The molecule has 3 rings (SSSR count). The van der Waals surface area contributed by atoms with Crippen molar-refractivity contribution in [3.63, 3.8) is 0 Å². The molecule has 0 spiro atoms. The number of carbonyl (C=O) groups is 1. The van der Waals surface area contributed by atoms with E-state index in [-0.39, 0.29) is 17.5 Å². The van der Waals surface area contributed by atoms with Crippen molar-refractivity contribution < 1.29 is 18.0 Å². The van der Waals surface area contributed by atoms with Crippen LogP contribution >= 0.6 is 11.3 Å². The van der Waals surface area contributed by atoms with Crippen molar-refractivity contribution in [2.45, 2.75) is 19.0 Å². The quantitative estimate of drug-likeness (QED) is 0.630. The number of amides is 1. The van der Waals surface area contributed by atoms with Crippen LogP contribution in [0.4, 0.5) is 18.9 Å². The van der Waals surface area contributed by atoms with Gasteiger partial charge in [-0.05, 0) is 48.2 Å². The number of carbonyl (C=O) groups excluding carboxylic acids is 1. The van der Waals surface area contributed by atoms with Crippen LogP contribution in [0.1, 0.15) is 23.4 Å². The number of hydrogen-bond donors (Lipinski definition) is 2. The molecule has 0 fully saturated rings. The van der Waals surface area contributed by atoms with Crippen LogP contribution in [-0.2, 0) is 4.79 Å². The average Bonchev–Trinajstić information content (AvgIpc) is 3.18. The van der Waals surface area contributed by atoms with E-state index in [0.29, 0.717) is 0 Å². The van der Waals surface area contributed by atoms with E-state index in [1.807, 2.05) is 17.5 Å². The minimum Gasteiger partial charge on any atom is -0.322 e. The number of halogens is 3. The second-order valence-corrected chi connectivity index (χ2v) is 6.98. The number of anilines is 1. The third-order valence-electron chi connectivity index (χ3n) is 4.03. The third-order valence-corrected chi connectivity index (χ3v) is 4.96. The number of nitrogens with one attached hydrogen (secondary N) is 2. The predicted octanol–water partition coefficient (Wildman–Crippen LogP) is 4.87. The Morgan fingerprint density at radius 2 is 1.70 bits per heavy atom. The summed E-state index contributed by atoms with van der Waals surface area (Å²) in [6.45, 7) is 1.62. The molecule has 7 heteroatoms. The maximum Gasteiger partial charge on any atom is 0.241 e. The molecule has 0 aliphatic carbocycles. The lowest BCUT2D eigenvalue weighted by Gasteiger charge is -2.23. The zero-order chi connectivity index (χ0) is 19.4. The summed E-state index contributed by atoms with van der Waals surface area (Å²) in [5.41, 5.74) is 0.568. The van der Waals surface area contributed by atoms with Gasteiger partial charge in [0, 0.05) is 10.9 Å². The second-order valence-electron chi connectivity index (χ2n) is 6.00. The molecule has 2 aromatic carbocycles. The van der Waals surface area contributed by atoms with Crippen LogP contribution in [0.25, 0.3) is 0 Å². The molecule has 1 aromatic heterocycles. The minimum atomic E-state index is -0.718. The molecule has 0 aliphatic heterocycles. The Kier molecular flexibility index (Phi) is 5.93. The summed E-state index contributed by atoms with van der Waals surface area (Å²) < 4.78 is 40.3. The highest BCUT2D eigenvalue weighted by Gasteiger charge is 2.22. The van der Waals surface area contributed by atoms with Crippen molar-refractivity contribution in [1.82, 2.24) is 5.32 Å². The first-order valence-corrected chi connectivity index (χ1v) is 9.13. The SMILES string of the molecule is C[C@H](N[C@@H](c1ccc(F)cc1)c1cccs1)C(=O)Nc1cc(F)ccc1F. The average molecular weight is 390 g/mol. The fourth-order valence-electron chi connectivity index (χ4n) is 2.61. The van der Waals surface area contributed by atoms with Gasteiger partial charge in [0.25, 0.3) is 0 Å². The Labute approximate surface area is 158 Å². The largest absolute Gasteiger partial charge is 0.322 e. The number of hydrogen-bond acceptors (Lipinski definition) is 3. The van der Waals surface area contributed by atoms with E-state index >= 15 is 0 Å². The molecule has 3 nitrogen and oxygen atoms in total. The summed E-state index contributed by atoms with van der Waals surface area (Å²) in [5, 5.41) is 7.46. The van der Waals surface area contributed by atoms with Crippen molar-refractivity contribution >= 4 is 22.9 Å². The van der Waals surface area contributed by atoms with E-state index < -0.39 is 23.6 Å². The monoisotopic (exact) mass is 390 g/mol.